The van der Waals surface area contributed by atoms with Gasteiger partial charge < -0.3 is 29.9 Å². The van der Waals surface area contributed by atoms with Crippen LogP contribution in [0.3, 0.4) is 0 Å². The van der Waals surface area contributed by atoms with Crippen molar-refractivity contribution in [1.82, 2.24) is 9.80 Å². The van der Waals surface area contributed by atoms with Crippen LogP contribution in [0.1, 0.15) is 73.6 Å². The molecule has 7 heteroatoms. The van der Waals surface area contributed by atoms with Gasteiger partial charge in [0.05, 0.1) is 6.61 Å². The minimum Gasteiger partial charge on any atom is -0.396 e. The second-order valence-corrected chi connectivity index (χ2v) is 13.7. The minimum atomic E-state index is 0.283. The predicted molar refractivity (Wildman–Crippen MR) is 216 cm³/mol. The second-order valence-electron chi connectivity index (χ2n) is 13.4. The Morgan fingerprint density at radius 1 is 0.431 bits per heavy atom. The number of aliphatic hydroxyl groups excluding tert-OH is 3. The van der Waals surface area contributed by atoms with E-state index in [0.717, 1.165) is 76.6 Å². The van der Waals surface area contributed by atoms with Crippen LogP contribution in [0.15, 0.2) is 97.1 Å². The third-order valence-corrected chi connectivity index (χ3v) is 8.47. The number of nitrogens with zero attached hydrogens (tertiary/aromatic N) is 2. The van der Waals surface area contributed by atoms with E-state index >= 15 is 0 Å². The summed E-state index contributed by atoms with van der Waals surface area (Å²) in [4.78, 5) is 4.35. The molecule has 0 aliphatic carbocycles. The quantitative estimate of drug-likeness (QED) is 0.0625. The van der Waals surface area contributed by atoms with Crippen molar-refractivity contribution in [3.63, 3.8) is 0 Å². The van der Waals surface area contributed by atoms with Gasteiger partial charge in [0.2, 0.25) is 0 Å². The standard InChI is InChI=1S/C22H31NO2.C16H18ClN.C6H14O2/c1-23(2)17-19-7-11-21(12-8-19)22-13-9-20(10-14-22)18-25-16-6-4-3-5-15-24;1-18(2)12-14-5-9-16(10-6-14)15-7-3-13(11-17)4-8-15;7-5-3-1-2-4-6-8/h7-14,24H,3-6,15-18H2,1-2H3;3-10H,11-12H2,1-2H3;7-8H,1-6H2. The highest BCUT2D eigenvalue weighted by Crippen LogP contribution is 2.22. The highest BCUT2D eigenvalue weighted by atomic mass is 35.5. The van der Waals surface area contributed by atoms with Crippen molar-refractivity contribution in [3.05, 3.63) is 119 Å². The molecule has 51 heavy (non-hydrogen) atoms. The van der Waals surface area contributed by atoms with Gasteiger partial charge in [-0.15, -0.1) is 11.6 Å². The average molecular weight is 719 g/mol. The zero-order valence-corrected chi connectivity index (χ0v) is 32.3. The highest BCUT2D eigenvalue weighted by Gasteiger charge is 2.02. The third kappa shape index (κ3) is 19.9. The third-order valence-electron chi connectivity index (χ3n) is 8.17. The van der Waals surface area contributed by atoms with E-state index in [0.29, 0.717) is 19.1 Å². The summed E-state index contributed by atoms with van der Waals surface area (Å²) in [6, 6.07) is 34.5. The fraction of sp³-hybridized carbons (Fsp3) is 0.455. The van der Waals surface area contributed by atoms with Crippen LogP contribution < -0.4 is 0 Å². The van der Waals surface area contributed by atoms with Gasteiger partial charge in [-0.05, 0) is 98.4 Å². The van der Waals surface area contributed by atoms with Crippen molar-refractivity contribution in [3.8, 4) is 22.3 Å². The van der Waals surface area contributed by atoms with E-state index in [1.807, 2.05) is 0 Å². The highest BCUT2D eigenvalue weighted by molar-refractivity contribution is 6.17. The SMILES string of the molecule is CN(C)Cc1ccc(-c2ccc(CCl)cc2)cc1.CN(C)Cc1ccc(-c2ccc(COCCCCCCO)cc2)cc1.OCCCCCCO. The number of benzene rings is 4. The van der Waals surface area contributed by atoms with E-state index in [4.69, 9.17) is 31.7 Å². The Hall–Kier alpha value is -3.07. The van der Waals surface area contributed by atoms with Crippen LogP contribution in [0.25, 0.3) is 22.3 Å². The Bertz CT molecular complexity index is 1390. The zero-order chi connectivity index (χ0) is 37.1. The topological polar surface area (TPSA) is 76.4 Å². The molecule has 6 nitrogen and oxygen atoms in total. The number of hydrogen-bond acceptors (Lipinski definition) is 6. The lowest BCUT2D eigenvalue weighted by Gasteiger charge is -2.10. The molecule has 0 aromatic heterocycles. The van der Waals surface area contributed by atoms with E-state index in [1.165, 1.54) is 38.9 Å². The fourth-order valence-electron chi connectivity index (χ4n) is 5.35. The summed E-state index contributed by atoms with van der Waals surface area (Å²) in [5, 5.41) is 25.3. The maximum absolute atomic E-state index is 8.74. The number of hydrogen-bond donors (Lipinski definition) is 3. The van der Waals surface area contributed by atoms with Gasteiger partial charge in [-0.25, -0.2) is 0 Å². The monoisotopic (exact) mass is 718 g/mol. The van der Waals surface area contributed by atoms with Crippen LogP contribution in [-0.4, -0.2) is 79.7 Å². The van der Waals surface area contributed by atoms with E-state index < -0.39 is 0 Å². The first-order valence-electron chi connectivity index (χ1n) is 18.4. The molecule has 0 amide bonds. The lowest BCUT2D eigenvalue weighted by Crippen LogP contribution is -2.10. The maximum atomic E-state index is 8.74. The summed E-state index contributed by atoms with van der Waals surface area (Å²) >= 11 is 5.79. The van der Waals surface area contributed by atoms with Gasteiger partial charge in [0, 0.05) is 45.4 Å². The fourth-order valence-corrected chi connectivity index (χ4v) is 5.53. The molecule has 0 saturated heterocycles. The van der Waals surface area contributed by atoms with E-state index in [-0.39, 0.29) is 13.2 Å². The van der Waals surface area contributed by atoms with Crippen molar-refractivity contribution >= 4 is 11.6 Å². The van der Waals surface area contributed by atoms with E-state index in [1.54, 1.807) is 0 Å². The first kappa shape index (κ1) is 44.1. The number of unbranched alkanes of at least 4 members (excludes halogenated alkanes) is 6. The van der Waals surface area contributed by atoms with Crippen LogP contribution in [0.4, 0.5) is 0 Å². The van der Waals surface area contributed by atoms with E-state index in [9.17, 15) is 0 Å². The molecule has 0 spiro atoms. The molecular weight excluding hydrogens is 656 g/mol. The number of rotatable bonds is 20. The molecule has 0 bridgehead atoms. The summed E-state index contributed by atoms with van der Waals surface area (Å²) in [5.41, 5.74) is 10.0. The smallest absolute Gasteiger partial charge is 0.0716 e. The van der Waals surface area contributed by atoms with Gasteiger partial charge in [-0.2, -0.15) is 0 Å². The van der Waals surface area contributed by atoms with Crippen molar-refractivity contribution in [2.45, 2.75) is 76.9 Å². The molecule has 4 rings (SSSR count). The molecule has 280 valence electrons. The Kier molecular flexibility index (Phi) is 23.8. The summed E-state index contributed by atoms with van der Waals surface area (Å²) in [6.45, 7) is 4.27. The summed E-state index contributed by atoms with van der Waals surface area (Å²) in [6.07, 6.45) is 8.01. The Balaban J connectivity index is 0.000000301. The largest absolute Gasteiger partial charge is 0.396 e. The van der Waals surface area contributed by atoms with Crippen LogP contribution in [0.5, 0.6) is 0 Å². The van der Waals surface area contributed by atoms with Gasteiger partial charge in [0.15, 0.2) is 0 Å². The van der Waals surface area contributed by atoms with Crippen LogP contribution in [0, 0.1) is 0 Å². The van der Waals surface area contributed by atoms with Crippen LogP contribution in [0.2, 0.25) is 0 Å². The summed E-state index contributed by atoms with van der Waals surface area (Å²) in [7, 11) is 8.34. The minimum absolute atomic E-state index is 0.283. The first-order chi connectivity index (χ1) is 24.8. The second kappa shape index (κ2) is 27.6. The molecule has 0 fully saturated rings. The van der Waals surface area contributed by atoms with Gasteiger partial charge in [0.1, 0.15) is 0 Å². The van der Waals surface area contributed by atoms with Crippen molar-refractivity contribution in [2.75, 3.05) is 54.6 Å². The molecule has 3 N–H and O–H groups in total. The van der Waals surface area contributed by atoms with Crippen molar-refractivity contribution < 1.29 is 20.1 Å². The van der Waals surface area contributed by atoms with Crippen LogP contribution >= 0.6 is 11.6 Å². The number of ether oxygens (including phenoxy) is 1. The van der Waals surface area contributed by atoms with Gasteiger partial charge >= 0.3 is 0 Å². The average Bonchev–Trinajstić information content (AvgIpc) is 3.14. The molecule has 4 aromatic rings. The zero-order valence-electron chi connectivity index (χ0n) is 31.6. The lowest BCUT2D eigenvalue weighted by molar-refractivity contribution is 0.116. The Labute approximate surface area is 313 Å². The van der Waals surface area contributed by atoms with Crippen molar-refractivity contribution in [2.24, 2.45) is 0 Å². The Morgan fingerprint density at radius 2 is 0.745 bits per heavy atom. The van der Waals surface area contributed by atoms with Gasteiger partial charge in [0.25, 0.3) is 0 Å². The molecule has 4 aromatic carbocycles. The van der Waals surface area contributed by atoms with Crippen molar-refractivity contribution in [1.29, 1.82) is 0 Å². The maximum Gasteiger partial charge on any atom is 0.0716 e. The Morgan fingerprint density at radius 3 is 1.06 bits per heavy atom. The normalized spacial score (nSPS) is 10.9. The van der Waals surface area contributed by atoms with E-state index in [2.05, 4.69) is 135 Å². The molecule has 0 radical (unpaired) electrons. The number of aliphatic hydroxyl groups is 3. The molecule has 0 atom stereocenters. The summed E-state index contributed by atoms with van der Waals surface area (Å²) < 4.78 is 5.73. The lowest BCUT2D eigenvalue weighted by atomic mass is 10.0. The molecule has 0 saturated carbocycles. The molecule has 0 unspecified atom stereocenters. The van der Waals surface area contributed by atoms with Crippen LogP contribution in [-0.2, 0) is 30.3 Å². The molecule has 0 aliphatic rings. The van der Waals surface area contributed by atoms with Gasteiger partial charge in [-0.3, -0.25) is 0 Å². The summed E-state index contributed by atoms with van der Waals surface area (Å²) in [5.74, 6) is 0.571. The first-order valence-corrected chi connectivity index (χ1v) is 18.9. The number of halogens is 1. The molecular formula is C44H63ClN2O4. The predicted octanol–water partition coefficient (Wildman–Crippen LogP) is 9.17. The molecule has 0 heterocycles. The number of alkyl halides is 1. The molecule has 0 aliphatic heterocycles. The van der Waals surface area contributed by atoms with Gasteiger partial charge in [-0.1, -0.05) is 123 Å².